The van der Waals surface area contributed by atoms with Gasteiger partial charge in [0.25, 0.3) is 0 Å². The summed E-state index contributed by atoms with van der Waals surface area (Å²) in [4.78, 5) is 41.6. The minimum Gasteiger partial charge on any atom is -0.481 e. The molecule has 0 aliphatic carbocycles. The number of nitrogens with one attached hydrogen (secondary N) is 2. The Hall–Kier alpha value is -2.20. The van der Waals surface area contributed by atoms with Crippen LogP contribution >= 0.6 is 0 Å². The molecule has 0 radical (unpaired) electrons. The first kappa shape index (κ1) is 22.1. The van der Waals surface area contributed by atoms with Crippen molar-refractivity contribution in [2.45, 2.75) is 25.7 Å². The fraction of sp³-hybridized carbons (Fsp3) is 0.667. The van der Waals surface area contributed by atoms with Gasteiger partial charge in [0.05, 0.1) is 12.8 Å². The van der Waals surface area contributed by atoms with Gasteiger partial charge in [-0.3, -0.25) is 29.6 Å². The van der Waals surface area contributed by atoms with Crippen LogP contribution in [0.15, 0.2) is 0 Å². The highest BCUT2D eigenvalue weighted by molar-refractivity contribution is 5.80. The van der Waals surface area contributed by atoms with Gasteiger partial charge in [0, 0.05) is 41.0 Å². The number of carboxylic acid groups (broad SMARTS) is 2. The molecule has 0 aromatic carbocycles. The largest absolute Gasteiger partial charge is 0.481 e. The fourth-order valence-corrected chi connectivity index (χ4v) is 1.03. The minimum absolute atomic E-state index is 0.0213. The van der Waals surface area contributed by atoms with Crippen LogP contribution in [0.4, 0.5) is 0 Å². The molecule has 0 aromatic heterocycles. The average molecular weight is 320 g/mol. The van der Waals surface area contributed by atoms with E-state index in [0.29, 0.717) is 0 Å². The molecule has 4 N–H and O–H groups in total. The van der Waals surface area contributed by atoms with Crippen LogP contribution in [-0.4, -0.2) is 72.2 Å². The third-order valence-electron chi connectivity index (χ3n) is 2.18. The summed E-state index contributed by atoms with van der Waals surface area (Å²) in [6.45, 7) is 0. The van der Waals surface area contributed by atoms with E-state index in [4.69, 9.17) is 10.2 Å². The number of carbonyl (C=O) groups excluding carboxylic acids is 2. The lowest BCUT2D eigenvalue weighted by Crippen LogP contribution is -2.36. The summed E-state index contributed by atoms with van der Waals surface area (Å²) in [6.07, 6.45) is -0.190. The molecule has 22 heavy (non-hydrogen) atoms. The second-order valence-corrected chi connectivity index (χ2v) is 4.39. The molecule has 0 bridgehead atoms. The number of nitrogens with zero attached hydrogens (tertiary/aromatic N) is 2. The van der Waals surface area contributed by atoms with E-state index in [-0.39, 0.29) is 37.5 Å². The lowest BCUT2D eigenvalue weighted by atomic mass is 10.3. The molecule has 0 aromatic rings. The van der Waals surface area contributed by atoms with Gasteiger partial charge in [-0.05, 0) is 0 Å². The monoisotopic (exact) mass is 320 g/mol. The molecule has 0 aliphatic heterocycles. The fourth-order valence-electron chi connectivity index (χ4n) is 1.03. The summed E-state index contributed by atoms with van der Waals surface area (Å²) in [5.74, 6) is -2.42. The molecular weight excluding hydrogens is 296 g/mol. The third kappa shape index (κ3) is 15.9. The van der Waals surface area contributed by atoms with Crippen LogP contribution in [0.2, 0.25) is 0 Å². The molecule has 0 saturated carbocycles. The van der Waals surface area contributed by atoms with Gasteiger partial charge < -0.3 is 10.2 Å². The molecule has 0 spiro atoms. The first-order valence-corrected chi connectivity index (χ1v) is 6.44. The van der Waals surface area contributed by atoms with Crippen LogP contribution in [0.1, 0.15) is 25.7 Å². The van der Waals surface area contributed by atoms with E-state index >= 15 is 0 Å². The Kier molecular flexibility index (Phi) is 12.6. The van der Waals surface area contributed by atoms with Gasteiger partial charge >= 0.3 is 11.9 Å². The molecule has 0 unspecified atom stereocenters. The molecule has 0 rings (SSSR count). The van der Waals surface area contributed by atoms with Crippen LogP contribution in [0.5, 0.6) is 0 Å². The van der Waals surface area contributed by atoms with Gasteiger partial charge in [0.2, 0.25) is 11.8 Å². The van der Waals surface area contributed by atoms with E-state index < -0.39 is 11.9 Å². The Bertz CT molecular complexity index is 386. The summed E-state index contributed by atoms with van der Waals surface area (Å²) in [5.41, 5.74) is 5.01. The number of hydrazine groups is 2. The number of carboxylic acids is 2. The quantitative estimate of drug-likeness (QED) is 0.413. The maximum atomic E-state index is 10.9. The zero-order valence-corrected chi connectivity index (χ0v) is 13.3. The zero-order chi connectivity index (χ0) is 17.7. The summed E-state index contributed by atoms with van der Waals surface area (Å²) >= 11 is 0. The molecular formula is C12H24N4O6. The number of hydrogen-bond acceptors (Lipinski definition) is 6. The SMILES string of the molecule is CN(C)NC(=O)CCC(=O)O.CNN(C)C(=O)CCC(=O)O. The van der Waals surface area contributed by atoms with Crippen molar-refractivity contribution in [1.82, 2.24) is 20.9 Å². The van der Waals surface area contributed by atoms with Crippen molar-refractivity contribution < 1.29 is 29.4 Å². The number of amides is 2. The van der Waals surface area contributed by atoms with Gasteiger partial charge in [-0.2, -0.15) is 0 Å². The van der Waals surface area contributed by atoms with E-state index in [0.717, 1.165) is 0 Å². The highest BCUT2D eigenvalue weighted by Crippen LogP contribution is 1.92. The molecule has 0 saturated heterocycles. The number of hydrogen-bond donors (Lipinski definition) is 4. The average Bonchev–Trinajstić information content (AvgIpc) is 2.41. The van der Waals surface area contributed by atoms with Crippen LogP contribution in [-0.2, 0) is 19.2 Å². The molecule has 10 nitrogen and oxygen atoms in total. The van der Waals surface area contributed by atoms with Gasteiger partial charge in [0.15, 0.2) is 0 Å². The van der Waals surface area contributed by atoms with Crippen molar-refractivity contribution in [3.05, 3.63) is 0 Å². The molecule has 0 aliphatic rings. The predicted octanol–water partition coefficient (Wildman–Crippen LogP) is -1.11. The maximum absolute atomic E-state index is 10.9. The Morgan fingerprint density at radius 1 is 0.864 bits per heavy atom. The van der Waals surface area contributed by atoms with Crippen molar-refractivity contribution >= 4 is 23.8 Å². The van der Waals surface area contributed by atoms with Gasteiger partial charge in [-0.25, -0.2) is 10.4 Å². The summed E-state index contributed by atoms with van der Waals surface area (Å²) < 4.78 is 0. The maximum Gasteiger partial charge on any atom is 0.303 e. The van der Waals surface area contributed by atoms with Crippen molar-refractivity contribution in [2.24, 2.45) is 0 Å². The van der Waals surface area contributed by atoms with Crippen molar-refractivity contribution in [3.8, 4) is 0 Å². The Balaban J connectivity index is 0. The smallest absolute Gasteiger partial charge is 0.303 e. The Morgan fingerprint density at radius 2 is 1.32 bits per heavy atom. The lowest BCUT2D eigenvalue weighted by molar-refractivity contribution is -0.141. The summed E-state index contributed by atoms with van der Waals surface area (Å²) in [7, 11) is 6.47. The van der Waals surface area contributed by atoms with E-state index in [9.17, 15) is 19.2 Å². The number of rotatable bonds is 8. The first-order chi connectivity index (χ1) is 10.1. The van der Waals surface area contributed by atoms with Crippen LogP contribution in [0, 0.1) is 0 Å². The number of carbonyl (C=O) groups is 4. The molecule has 0 heterocycles. The third-order valence-corrected chi connectivity index (χ3v) is 2.18. The summed E-state index contributed by atoms with van der Waals surface area (Å²) in [6, 6.07) is 0. The van der Waals surface area contributed by atoms with E-state index in [1.165, 1.54) is 10.0 Å². The topological polar surface area (TPSA) is 139 Å². The standard InChI is InChI=1S/2C6H12N2O3/c1-8(2)7-5(9)3-4-6(10)11;1-7-8(2)5(9)3-4-6(10)11/h3-4H2,1-2H3,(H,7,9)(H,10,11);7H,3-4H2,1-2H3,(H,10,11). The lowest BCUT2D eigenvalue weighted by Gasteiger charge is -2.13. The second-order valence-electron chi connectivity index (χ2n) is 4.39. The van der Waals surface area contributed by atoms with E-state index in [1.807, 2.05) is 0 Å². The van der Waals surface area contributed by atoms with E-state index in [1.54, 1.807) is 28.2 Å². The van der Waals surface area contributed by atoms with Crippen molar-refractivity contribution in [3.63, 3.8) is 0 Å². The minimum atomic E-state index is -0.959. The summed E-state index contributed by atoms with van der Waals surface area (Å²) in [5, 5.41) is 19.2. The van der Waals surface area contributed by atoms with Gasteiger partial charge in [0.1, 0.15) is 0 Å². The van der Waals surface area contributed by atoms with Crippen molar-refractivity contribution in [2.75, 3.05) is 28.2 Å². The Morgan fingerprint density at radius 3 is 1.68 bits per heavy atom. The highest BCUT2D eigenvalue weighted by atomic mass is 16.4. The molecule has 0 atom stereocenters. The zero-order valence-electron chi connectivity index (χ0n) is 13.3. The predicted molar refractivity (Wildman–Crippen MR) is 77.4 cm³/mol. The number of aliphatic carboxylic acids is 2. The molecule has 128 valence electrons. The Labute approximate surface area is 129 Å². The van der Waals surface area contributed by atoms with Gasteiger partial charge in [-0.1, -0.05) is 0 Å². The normalized spacial score (nSPS) is 9.50. The van der Waals surface area contributed by atoms with E-state index in [2.05, 4.69) is 10.9 Å². The van der Waals surface area contributed by atoms with Crippen LogP contribution < -0.4 is 10.9 Å². The molecule has 10 heteroatoms. The van der Waals surface area contributed by atoms with Crippen molar-refractivity contribution in [1.29, 1.82) is 0 Å². The van der Waals surface area contributed by atoms with Gasteiger partial charge in [-0.15, -0.1) is 0 Å². The first-order valence-electron chi connectivity index (χ1n) is 6.44. The molecule has 0 fully saturated rings. The van der Waals surface area contributed by atoms with Crippen LogP contribution in [0.25, 0.3) is 0 Å². The van der Waals surface area contributed by atoms with Crippen LogP contribution in [0.3, 0.4) is 0 Å². The second kappa shape index (κ2) is 12.5. The molecule has 2 amide bonds. The highest BCUT2D eigenvalue weighted by Gasteiger charge is 2.08.